The maximum Gasteiger partial charge on any atom is 0.260 e. The highest BCUT2D eigenvalue weighted by Crippen LogP contribution is 2.42. The monoisotopic (exact) mass is 225 g/mol. The van der Waals surface area contributed by atoms with Crippen LogP contribution in [0.15, 0.2) is 0 Å². The number of fused-ring (bicyclic) bond motifs is 1. The zero-order valence-electron chi connectivity index (χ0n) is 8.66. The fourth-order valence-corrected chi connectivity index (χ4v) is 2.08. The second kappa shape index (κ2) is 3.04. The third kappa shape index (κ3) is 1.26. The number of aliphatic hydroxyl groups excluding tert-OH is 1. The molecule has 1 amide bonds. The summed E-state index contributed by atoms with van der Waals surface area (Å²) < 4.78 is 13.6. The summed E-state index contributed by atoms with van der Waals surface area (Å²) in [4.78, 5) is 13.2. The number of aromatic nitrogens is 2. The number of H-pyrrole nitrogens is 1. The zero-order chi connectivity index (χ0) is 11.3. The van der Waals surface area contributed by atoms with Crippen LogP contribution >= 0.6 is 0 Å². The van der Waals surface area contributed by atoms with Gasteiger partial charge in [-0.25, -0.2) is 4.39 Å². The van der Waals surface area contributed by atoms with E-state index < -0.39 is 11.6 Å². The van der Waals surface area contributed by atoms with E-state index in [4.69, 9.17) is 5.11 Å². The Morgan fingerprint density at radius 1 is 1.56 bits per heavy atom. The highest BCUT2D eigenvalue weighted by molar-refractivity contribution is 5.88. The van der Waals surface area contributed by atoms with Gasteiger partial charge < -0.3 is 10.0 Å². The summed E-state index contributed by atoms with van der Waals surface area (Å²) >= 11 is 0. The maximum atomic E-state index is 13.6. The average molecular weight is 225 g/mol. The van der Waals surface area contributed by atoms with Gasteiger partial charge in [-0.15, -0.1) is 0 Å². The Morgan fingerprint density at radius 3 is 2.94 bits per heavy atom. The minimum atomic E-state index is -1.61. The standard InChI is InChI=1S/C10H12FN3O2/c11-10(1-2-10)9(16)14-3-6-7(4-14)12-13-8(6)5-15/h15H,1-5H2,(H,12,13). The number of carbonyl (C=O) groups is 1. The number of amides is 1. The van der Waals surface area contributed by atoms with E-state index in [0.717, 1.165) is 11.3 Å². The molecular formula is C10H12FN3O2. The minimum absolute atomic E-state index is 0.158. The Morgan fingerprint density at radius 2 is 2.31 bits per heavy atom. The summed E-state index contributed by atoms with van der Waals surface area (Å²) in [5.41, 5.74) is 0.576. The quantitative estimate of drug-likeness (QED) is 0.757. The topological polar surface area (TPSA) is 69.2 Å². The lowest BCUT2D eigenvalue weighted by Gasteiger charge is -2.17. The SMILES string of the molecule is O=C(N1Cc2[nH]nc(CO)c2C1)C1(F)CC1. The summed E-state index contributed by atoms with van der Waals surface area (Å²) in [7, 11) is 0. The third-order valence-corrected chi connectivity index (χ3v) is 3.25. The molecule has 6 heteroatoms. The molecule has 1 aliphatic heterocycles. The molecule has 0 saturated heterocycles. The van der Waals surface area contributed by atoms with Crippen LogP contribution in [0.2, 0.25) is 0 Å². The number of hydrogen-bond donors (Lipinski definition) is 2. The van der Waals surface area contributed by atoms with Gasteiger partial charge in [-0.1, -0.05) is 0 Å². The number of aromatic amines is 1. The van der Waals surface area contributed by atoms with Crippen molar-refractivity contribution in [2.75, 3.05) is 0 Å². The molecule has 5 nitrogen and oxygen atoms in total. The van der Waals surface area contributed by atoms with E-state index in [-0.39, 0.29) is 6.61 Å². The largest absolute Gasteiger partial charge is 0.390 e. The molecule has 0 bridgehead atoms. The lowest BCUT2D eigenvalue weighted by Crippen LogP contribution is -2.34. The van der Waals surface area contributed by atoms with Crippen LogP contribution in [-0.2, 0) is 24.5 Å². The second-order valence-electron chi connectivity index (χ2n) is 4.41. The molecule has 0 spiro atoms. The number of alkyl halides is 1. The molecule has 0 atom stereocenters. The number of halogens is 1. The van der Waals surface area contributed by atoms with E-state index in [1.54, 1.807) is 0 Å². The van der Waals surface area contributed by atoms with Crippen molar-refractivity contribution in [3.8, 4) is 0 Å². The molecule has 86 valence electrons. The van der Waals surface area contributed by atoms with Gasteiger partial charge in [-0.2, -0.15) is 5.10 Å². The lowest BCUT2D eigenvalue weighted by molar-refractivity contribution is -0.138. The number of hydrogen-bond acceptors (Lipinski definition) is 3. The van der Waals surface area contributed by atoms with Crippen LogP contribution in [0.4, 0.5) is 4.39 Å². The van der Waals surface area contributed by atoms with Crippen LogP contribution in [-0.4, -0.2) is 31.8 Å². The Bertz CT molecular complexity index is 453. The van der Waals surface area contributed by atoms with Gasteiger partial charge in [0.1, 0.15) is 0 Å². The average Bonchev–Trinajstić information content (AvgIpc) is 2.76. The number of rotatable bonds is 2. The van der Waals surface area contributed by atoms with Crippen molar-refractivity contribution in [3.63, 3.8) is 0 Å². The first-order chi connectivity index (χ1) is 7.64. The van der Waals surface area contributed by atoms with E-state index in [1.165, 1.54) is 4.90 Å². The Hall–Kier alpha value is -1.43. The molecule has 16 heavy (non-hydrogen) atoms. The molecular weight excluding hydrogens is 213 g/mol. The van der Waals surface area contributed by atoms with E-state index >= 15 is 0 Å². The fourth-order valence-electron chi connectivity index (χ4n) is 2.08. The molecule has 1 aromatic heterocycles. The molecule has 0 radical (unpaired) electrons. The van der Waals surface area contributed by atoms with Gasteiger partial charge in [-0.3, -0.25) is 9.89 Å². The molecule has 2 N–H and O–H groups in total. The summed E-state index contributed by atoms with van der Waals surface area (Å²) in [6, 6.07) is 0. The Labute approximate surface area is 91.3 Å². The molecule has 1 fully saturated rings. The third-order valence-electron chi connectivity index (χ3n) is 3.25. The second-order valence-corrected chi connectivity index (χ2v) is 4.41. The predicted molar refractivity (Wildman–Crippen MR) is 51.8 cm³/mol. The van der Waals surface area contributed by atoms with Crippen molar-refractivity contribution < 1.29 is 14.3 Å². The van der Waals surface area contributed by atoms with Crippen LogP contribution in [0.5, 0.6) is 0 Å². The smallest absolute Gasteiger partial charge is 0.260 e. The normalized spacial score (nSPS) is 21.0. The van der Waals surface area contributed by atoms with Crippen molar-refractivity contribution in [1.82, 2.24) is 15.1 Å². The summed E-state index contributed by atoms with van der Waals surface area (Å²) in [5.74, 6) is -0.430. The van der Waals surface area contributed by atoms with Gasteiger partial charge in [0.25, 0.3) is 5.91 Å². The van der Waals surface area contributed by atoms with Crippen molar-refractivity contribution in [3.05, 3.63) is 17.0 Å². The van der Waals surface area contributed by atoms with Crippen molar-refractivity contribution in [2.24, 2.45) is 0 Å². The predicted octanol–water partition coefficient (Wildman–Crippen LogP) is 0.246. The van der Waals surface area contributed by atoms with Crippen LogP contribution in [0.1, 0.15) is 29.8 Å². The number of nitrogens with one attached hydrogen (secondary N) is 1. The van der Waals surface area contributed by atoms with Crippen molar-refractivity contribution in [2.45, 2.75) is 38.2 Å². The molecule has 3 rings (SSSR count). The minimum Gasteiger partial charge on any atom is -0.390 e. The van der Waals surface area contributed by atoms with E-state index in [0.29, 0.717) is 31.6 Å². The Balaban J connectivity index is 1.80. The van der Waals surface area contributed by atoms with Crippen LogP contribution in [0, 0.1) is 0 Å². The van der Waals surface area contributed by atoms with Gasteiger partial charge in [0.2, 0.25) is 0 Å². The van der Waals surface area contributed by atoms with Crippen LogP contribution in [0.25, 0.3) is 0 Å². The van der Waals surface area contributed by atoms with Crippen molar-refractivity contribution in [1.29, 1.82) is 0 Å². The Kier molecular flexibility index (Phi) is 1.85. The summed E-state index contributed by atoms with van der Waals surface area (Å²) in [6.45, 7) is 0.563. The van der Waals surface area contributed by atoms with Gasteiger partial charge >= 0.3 is 0 Å². The highest BCUT2D eigenvalue weighted by Gasteiger charge is 2.53. The fraction of sp³-hybridized carbons (Fsp3) is 0.600. The molecule has 1 saturated carbocycles. The van der Waals surface area contributed by atoms with Gasteiger partial charge in [0.15, 0.2) is 5.67 Å². The number of aliphatic hydroxyl groups is 1. The lowest BCUT2D eigenvalue weighted by atomic mass is 10.2. The number of nitrogens with zero attached hydrogens (tertiary/aromatic N) is 2. The van der Waals surface area contributed by atoms with Crippen LogP contribution < -0.4 is 0 Å². The molecule has 1 aliphatic carbocycles. The maximum absolute atomic E-state index is 13.6. The van der Waals surface area contributed by atoms with Crippen molar-refractivity contribution >= 4 is 5.91 Å². The summed E-state index contributed by atoms with van der Waals surface area (Å²) in [5, 5.41) is 15.7. The van der Waals surface area contributed by atoms with Gasteiger partial charge in [0.05, 0.1) is 24.5 Å². The van der Waals surface area contributed by atoms with E-state index in [9.17, 15) is 9.18 Å². The van der Waals surface area contributed by atoms with Gasteiger partial charge in [-0.05, 0) is 12.8 Å². The molecule has 0 aromatic carbocycles. The van der Waals surface area contributed by atoms with Crippen LogP contribution in [0.3, 0.4) is 0 Å². The molecule has 2 aliphatic rings. The first kappa shape index (κ1) is 9.77. The first-order valence-corrected chi connectivity index (χ1v) is 5.28. The molecule has 1 aromatic rings. The highest BCUT2D eigenvalue weighted by atomic mass is 19.1. The van der Waals surface area contributed by atoms with E-state index in [2.05, 4.69) is 10.2 Å². The first-order valence-electron chi connectivity index (χ1n) is 5.28. The zero-order valence-corrected chi connectivity index (χ0v) is 8.66. The molecule has 0 unspecified atom stereocenters. The van der Waals surface area contributed by atoms with E-state index in [1.807, 2.05) is 0 Å². The van der Waals surface area contributed by atoms with Gasteiger partial charge in [0, 0.05) is 12.1 Å². The molecule has 2 heterocycles. The summed E-state index contributed by atoms with van der Waals surface area (Å²) in [6.07, 6.45) is 0.669. The number of carbonyl (C=O) groups excluding carboxylic acids is 1.